The van der Waals surface area contributed by atoms with Gasteiger partial charge < -0.3 is 19.0 Å². The highest BCUT2D eigenvalue weighted by Crippen LogP contribution is 2.59. The molecule has 8 heteroatoms. The molecular weight excluding hydrogens is 452 g/mol. The number of methoxy groups -OCH3 is 1. The Kier molecular flexibility index (Phi) is 6.32. The lowest BCUT2D eigenvalue weighted by atomic mass is 9.53. The topological polar surface area (TPSA) is 120 Å². The molecule has 8 nitrogen and oxygen atoms in total. The van der Waals surface area contributed by atoms with E-state index in [1.807, 2.05) is 20.8 Å². The van der Waals surface area contributed by atoms with Crippen molar-refractivity contribution in [1.29, 1.82) is 0 Å². The molecule has 2 heterocycles. The Balaban J connectivity index is 1.71. The summed E-state index contributed by atoms with van der Waals surface area (Å²) in [7, 11) is 1.32. The van der Waals surface area contributed by atoms with E-state index < -0.39 is 40.3 Å². The Morgan fingerprint density at radius 2 is 1.94 bits per heavy atom. The van der Waals surface area contributed by atoms with Gasteiger partial charge in [0.15, 0.2) is 11.6 Å². The molecule has 6 atom stereocenters. The van der Waals surface area contributed by atoms with Gasteiger partial charge in [-0.2, -0.15) is 0 Å². The second-order valence-electron chi connectivity index (χ2n) is 11.2. The summed E-state index contributed by atoms with van der Waals surface area (Å²) in [6.45, 7) is 7.57. The minimum Gasteiger partial charge on any atom is -0.472 e. The largest absolute Gasteiger partial charge is 0.472 e. The van der Waals surface area contributed by atoms with Gasteiger partial charge in [-0.3, -0.25) is 19.2 Å². The van der Waals surface area contributed by atoms with Crippen molar-refractivity contribution in [1.82, 2.24) is 0 Å². The van der Waals surface area contributed by atoms with Gasteiger partial charge in [-0.15, -0.1) is 0 Å². The first-order valence-electron chi connectivity index (χ1n) is 12.1. The number of ether oxygens (including phenoxy) is 2. The van der Waals surface area contributed by atoms with E-state index in [9.17, 15) is 24.3 Å². The number of aliphatic hydroxyl groups is 1. The fourth-order valence-electron chi connectivity index (χ4n) is 6.68. The lowest BCUT2D eigenvalue weighted by molar-refractivity contribution is -0.207. The summed E-state index contributed by atoms with van der Waals surface area (Å²) in [6.07, 6.45) is 4.50. The monoisotopic (exact) mass is 486 g/mol. The first-order valence-corrected chi connectivity index (χ1v) is 12.1. The Hall–Kier alpha value is -2.74. The summed E-state index contributed by atoms with van der Waals surface area (Å²) in [4.78, 5) is 51.3. The molecule has 1 N–H and O–H groups in total. The normalized spacial score (nSPS) is 36.7. The number of ketones is 2. The number of cyclic esters (lactones) is 1. The van der Waals surface area contributed by atoms with Gasteiger partial charge in [0.05, 0.1) is 26.1 Å². The van der Waals surface area contributed by atoms with Crippen LogP contribution in [0.2, 0.25) is 0 Å². The van der Waals surface area contributed by atoms with E-state index in [2.05, 4.69) is 0 Å². The molecule has 0 amide bonds. The number of carbonyl (C=O) groups excluding carboxylic acids is 4. The number of rotatable bonds is 5. The van der Waals surface area contributed by atoms with E-state index in [1.165, 1.54) is 19.6 Å². The van der Waals surface area contributed by atoms with Gasteiger partial charge in [0, 0.05) is 42.1 Å². The third-order valence-corrected chi connectivity index (χ3v) is 8.72. The second-order valence-corrected chi connectivity index (χ2v) is 11.2. The summed E-state index contributed by atoms with van der Waals surface area (Å²) in [6, 6.07) is 1.72. The van der Waals surface area contributed by atoms with Gasteiger partial charge >= 0.3 is 11.9 Å². The fraction of sp³-hybridized carbons (Fsp3) is 0.630. The van der Waals surface area contributed by atoms with E-state index in [-0.39, 0.29) is 49.1 Å². The molecule has 1 aromatic heterocycles. The minimum absolute atomic E-state index is 0.0995. The number of allylic oxidation sites excluding steroid dienone is 1. The van der Waals surface area contributed by atoms with Crippen molar-refractivity contribution < 1.29 is 38.2 Å². The fourth-order valence-corrected chi connectivity index (χ4v) is 6.68. The number of fused-ring (bicyclic) bond motifs is 1. The van der Waals surface area contributed by atoms with Crippen LogP contribution in [0.25, 0.3) is 0 Å². The molecule has 1 saturated heterocycles. The van der Waals surface area contributed by atoms with Crippen molar-refractivity contribution in [2.75, 3.05) is 7.11 Å². The van der Waals surface area contributed by atoms with Gasteiger partial charge in [-0.05, 0) is 29.4 Å². The maximum atomic E-state index is 13.4. The maximum Gasteiger partial charge on any atom is 0.306 e. The van der Waals surface area contributed by atoms with Gasteiger partial charge in [0.25, 0.3) is 0 Å². The zero-order valence-corrected chi connectivity index (χ0v) is 21.0. The van der Waals surface area contributed by atoms with Gasteiger partial charge in [0.2, 0.25) is 0 Å². The highest BCUT2D eigenvalue weighted by Gasteiger charge is 2.62. The van der Waals surface area contributed by atoms with Crippen LogP contribution in [0, 0.1) is 28.6 Å². The van der Waals surface area contributed by atoms with E-state index in [0.717, 1.165) is 0 Å². The summed E-state index contributed by atoms with van der Waals surface area (Å²) in [5, 5.41) is 12.0. The molecule has 2 fully saturated rings. The van der Waals surface area contributed by atoms with E-state index >= 15 is 0 Å². The minimum atomic E-state index is -1.89. The molecule has 1 saturated carbocycles. The van der Waals surface area contributed by atoms with Crippen LogP contribution in [0.4, 0.5) is 0 Å². The number of hydrogen-bond donors (Lipinski definition) is 1. The Morgan fingerprint density at radius 1 is 1.23 bits per heavy atom. The molecule has 3 aliphatic rings. The predicted molar refractivity (Wildman–Crippen MR) is 124 cm³/mol. The van der Waals surface area contributed by atoms with E-state index in [1.54, 1.807) is 19.1 Å². The van der Waals surface area contributed by atoms with Crippen molar-refractivity contribution in [2.24, 2.45) is 28.6 Å². The van der Waals surface area contributed by atoms with E-state index in [0.29, 0.717) is 17.6 Å². The summed E-state index contributed by atoms with van der Waals surface area (Å²) >= 11 is 0. The molecule has 0 spiro atoms. The molecule has 4 rings (SSSR count). The predicted octanol–water partition coefficient (Wildman–Crippen LogP) is 3.72. The van der Waals surface area contributed by atoms with Crippen LogP contribution in [0.15, 0.2) is 34.7 Å². The number of carbonyl (C=O) groups is 4. The highest BCUT2D eigenvalue weighted by atomic mass is 16.5. The summed E-state index contributed by atoms with van der Waals surface area (Å²) in [5.74, 6) is -2.94. The molecule has 1 aromatic rings. The molecule has 1 aliphatic heterocycles. The van der Waals surface area contributed by atoms with Crippen LogP contribution >= 0.6 is 0 Å². The van der Waals surface area contributed by atoms with Crippen molar-refractivity contribution in [3.05, 3.63) is 35.8 Å². The van der Waals surface area contributed by atoms with Crippen LogP contribution in [-0.2, 0) is 28.7 Å². The van der Waals surface area contributed by atoms with Crippen LogP contribution in [0.5, 0.6) is 0 Å². The molecule has 2 aliphatic carbocycles. The lowest BCUT2D eigenvalue weighted by Gasteiger charge is -2.55. The van der Waals surface area contributed by atoms with Crippen LogP contribution < -0.4 is 0 Å². The third-order valence-electron chi connectivity index (χ3n) is 8.72. The van der Waals surface area contributed by atoms with Crippen molar-refractivity contribution in [2.45, 2.75) is 71.5 Å². The van der Waals surface area contributed by atoms with Gasteiger partial charge in [0.1, 0.15) is 11.7 Å². The standard InChI is InChI=1S/C27H34O8/c1-15-18(10-21(29)33-5)25(2,3)12-17(23(15)31)13-27(32)19-11-22(30)35-24(16-7-9-34-14-16)26(19,4)8-6-20(27)28/h7,9,12,14-15,18-19,24,32H,6,8,10-11,13H2,1-5H3/t15-,18-,19-,24+,26-,27+/m1/s1. The molecular formula is C27H34O8. The number of esters is 2. The van der Waals surface area contributed by atoms with Crippen LogP contribution in [0.3, 0.4) is 0 Å². The van der Waals surface area contributed by atoms with Gasteiger partial charge in [-0.1, -0.05) is 33.8 Å². The van der Waals surface area contributed by atoms with Crippen molar-refractivity contribution >= 4 is 23.5 Å². The van der Waals surface area contributed by atoms with Gasteiger partial charge in [-0.25, -0.2) is 0 Å². The quantitative estimate of drug-likeness (QED) is 0.625. The first-order chi connectivity index (χ1) is 16.3. The molecule has 0 radical (unpaired) electrons. The third kappa shape index (κ3) is 4.15. The Bertz CT molecular complexity index is 1070. The smallest absolute Gasteiger partial charge is 0.306 e. The average molecular weight is 487 g/mol. The van der Waals surface area contributed by atoms with E-state index in [4.69, 9.17) is 13.9 Å². The SMILES string of the molecule is COC(=O)C[C@@H]1[C@@H](C)C(=O)C(C[C@@]2(O)C(=O)CC[C@]3(C)[C@H]2CC(=O)O[C@H]3c2ccoc2)=CC1(C)C. The lowest BCUT2D eigenvalue weighted by Crippen LogP contribution is -2.61. The molecule has 0 bridgehead atoms. The van der Waals surface area contributed by atoms with Crippen LogP contribution in [0.1, 0.15) is 71.5 Å². The molecule has 0 aromatic carbocycles. The summed E-state index contributed by atoms with van der Waals surface area (Å²) in [5.41, 5.74) is -2.11. The Labute approximate surface area is 205 Å². The average Bonchev–Trinajstić information content (AvgIpc) is 3.33. The number of Topliss-reactive ketones (excluding diaryl/α,β-unsaturated/α-hetero) is 2. The molecule has 190 valence electrons. The van der Waals surface area contributed by atoms with Crippen LogP contribution in [-0.4, -0.2) is 41.3 Å². The van der Waals surface area contributed by atoms with Crippen molar-refractivity contribution in [3.8, 4) is 0 Å². The zero-order chi connectivity index (χ0) is 25.8. The second kappa shape index (κ2) is 8.73. The maximum absolute atomic E-state index is 13.4. The zero-order valence-electron chi connectivity index (χ0n) is 21.0. The number of furan rings is 1. The number of hydrogen-bond acceptors (Lipinski definition) is 8. The first kappa shape index (κ1) is 25.4. The Morgan fingerprint density at radius 3 is 2.57 bits per heavy atom. The molecule has 35 heavy (non-hydrogen) atoms. The highest BCUT2D eigenvalue weighted by molar-refractivity contribution is 6.00. The van der Waals surface area contributed by atoms with Crippen molar-refractivity contribution in [3.63, 3.8) is 0 Å². The summed E-state index contributed by atoms with van der Waals surface area (Å²) < 4.78 is 15.7. The molecule has 0 unspecified atom stereocenters.